The Kier molecular flexibility index (Phi) is 5.63. The molecule has 0 saturated carbocycles. The molecule has 2 N–H and O–H groups in total. The van der Waals surface area contributed by atoms with Crippen molar-refractivity contribution in [3.05, 3.63) is 83.6 Å². The molecule has 0 atom stereocenters. The second kappa shape index (κ2) is 8.54. The molecule has 0 aliphatic rings. The van der Waals surface area contributed by atoms with Crippen LogP contribution in [0, 0.1) is 0 Å². The number of aromatic amines is 1. The van der Waals surface area contributed by atoms with E-state index in [1.54, 1.807) is 7.11 Å². The van der Waals surface area contributed by atoms with E-state index in [0.717, 1.165) is 23.1 Å². The average molecular weight is 438 g/mol. The van der Waals surface area contributed by atoms with Crippen LogP contribution in [0.5, 0.6) is 5.75 Å². The maximum absolute atomic E-state index is 13.1. The van der Waals surface area contributed by atoms with Gasteiger partial charge >= 0.3 is 6.18 Å². The lowest BCUT2D eigenvalue weighted by Gasteiger charge is -2.09. The summed E-state index contributed by atoms with van der Waals surface area (Å²) >= 11 is 0. The number of fused-ring (bicyclic) bond motifs is 1. The second-order valence-corrected chi connectivity index (χ2v) is 6.81. The summed E-state index contributed by atoms with van der Waals surface area (Å²) in [6, 6.07) is 17.9. The number of hydrogen-bond acceptors (Lipinski definition) is 4. The summed E-state index contributed by atoms with van der Waals surface area (Å²) in [6.45, 7) is 0. The molecule has 9 heteroatoms. The molecule has 0 radical (unpaired) electrons. The topological polar surface area (TPSA) is 79.4 Å². The number of carbonyl (C=O) groups is 1. The number of nitrogens with zero attached hydrogens (tertiary/aromatic N) is 2. The van der Waals surface area contributed by atoms with E-state index in [0.29, 0.717) is 17.0 Å². The Morgan fingerprint density at radius 1 is 1.09 bits per heavy atom. The van der Waals surface area contributed by atoms with E-state index in [9.17, 15) is 18.0 Å². The molecule has 6 nitrogen and oxygen atoms in total. The highest BCUT2D eigenvalue weighted by Crippen LogP contribution is 2.36. The highest BCUT2D eigenvalue weighted by atomic mass is 19.4. The Balaban J connectivity index is 1.58. The van der Waals surface area contributed by atoms with Gasteiger partial charge in [0.05, 0.1) is 30.1 Å². The third-order valence-electron chi connectivity index (χ3n) is 4.83. The van der Waals surface area contributed by atoms with Gasteiger partial charge in [-0.15, -0.1) is 0 Å². The molecule has 0 bridgehead atoms. The van der Waals surface area contributed by atoms with Crippen LogP contribution >= 0.6 is 0 Å². The summed E-state index contributed by atoms with van der Waals surface area (Å²) in [5, 5.41) is 12.4. The summed E-state index contributed by atoms with van der Waals surface area (Å²) in [6.07, 6.45) is -3.58. The van der Waals surface area contributed by atoms with Crippen molar-refractivity contribution in [3.63, 3.8) is 0 Å². The third kappa shape index (κ3) is 4.18. The van der Waals surface area contributed by atoms with Crippen LogP contribution in [-0.4, -0.2) is 29.4 Å². The largest absolute Gasteiger partial charge is 0.496 e. The van der Waals surface area contributed by atoms with Crippen LogP contribution in [0.15, 0.2) is 71.8 Å². The molecular weight excluding hydrogens is 421 g/mol. The predicted octanol–water partition coefficient (Wildman–Crippen LogP) is 5.02. The smallest absolute Gasteiger partial charge is 0.417 e. The molecule has 1 aromatic heterocycles. The fourth-order valence-electron chi connectivity index (χ4n) is 3.34. The van der Waals surface area contributed by atoms with Crippen LogP contribution in [-0.2, 0) is 6.18 Å². The monoisotopic (exact) mass is 438 g/mol. The molecule has 162 valence electrons. The van der Waals surface area contributed by atoms with E-state index in [2.05, 4.69) is 20.7 Å². The van der Waals surface area contributed by atoms with Gasteiger partial charge in [-0.1, -0.05) is 48.5 Å². The van der Waals surface area contributed by atoms with Gasteiger partial charge in [0.2, 0.25) is 0 Å². The third-order valence-corrected chi connectivity index (χ3v) is 4.83. The Hall–Kier alpha value is -4.14. The number of carbonyl (C=O) groups excluding carboxylic acids is 1. The Bertz CT molecular complexity index is 1310. The second-order valence-electron chi connectivity index (χ2n) is 6.81. The van der Waals surface area contributed by atoms with Gasteiger partial charge in [0.1, 0.15) is 11.4 Å². The van der Waals surface area contributed by atoms with E-state index in [4.69, 9.17) is 4.74 Å². The van der Waals surface area contributed by atoms with E-state index in [-0.39, 0.29) is 11.3 Å². The van der Waals surface area contributed by atoms with Crippen molar-refractivity contribution in [2.45, 2.75) is 6.18 Å². The lowest BCUT2D eigenvalue weighted by molar-refractivity contribution is -0.137. The zero-order valence-corrected chi connectivity index (χ0v) is 16.8. The first kappa shape index (κ1) is 21.1. The summed E-state index contributed by atoms with van der Waals surface area (Å²) in [5.74, 6) is -0.0624. The van der Waals surface area contributed by atoms with Gasteiger partial charge in [-0.2, -0.15) is 23.4 Å². The molecule has 3 aromatic carbocycles. The highest BCUT2D eigenvalue weighted by Gasteiger charge is 2.32. The lowest BCUT2D eigenvalue weighted by atomic mass is 10.0. The molecule has 0 fully saturated rings. The Morgan fingerprint density at radius 3 is 2.62 bits per heavy atom. The van der Waals surface area contributed by atoms with Crippen LogP contribution in [0.2, 0.25) is 0 Å². The van der Waals surface area contributed by atoms with Crippen LogP contribution in [0.3, 0.4) is 0 Å². The van der Waals surface area contributed by atoms with E-state index < -0.39 is 17.6 Å². The number of aromatic nitrogens is 2. The molecule has 0 aliphatic heterocycles. The van der Waals surface area contributed by atoms with Crippen molar-refractivity contribution in [2.75, 3.05) is 7.11 Å². The van der Waals surface area contributed by atoms with Crippen molar-refractivity contribution in [3.8, 4) is 17.0 Å². The van der Waals surface area contributed by atoms with Crippen LogP contribution in [0.1, 0.15) is 21.6 Å². The molecular formula is C23H17F3N4O2. The number of alkyl halides is 3. The SMILES string of the molecule is COc1ccc2ccccc2c1-c1cc(C(=O)N/N=C/c2ccccc2C(F)(F)F)[nH]n1. The van der Waals surface area contributed by atoms with Gasteiger partial charge in [-0.3, -0.25) is 9.89 Å². The summed E-state index contributed by atoms with van der Waals surface area (Å²) in [4.78, 5) is 12.4. The normalized spacial score (nSPS) is 11.8. The van der Waals surface area contributed by atoms with Crippen LogP contribution in [0.25, 0.3) is 22.0 Å². The minimum absolute atomic E-state index is 0.0937. The van der Waals surface area contributed by atoms with Crippen molar-refractivity contribution < 1.29 is 22.7 Å². The van der Waals surface area contributed by atoms with Gasteiger partial charge in [-0.05, 0) is 29.0 Å². The molecule has 0 unspecified atom stereocenters. The van der Waals surface area contributed by atoms with Crippen molar-refractivity contribution in [1.29, 1.82) is 0 Å². The predicted molar refractivity (Wildman–Crippen MR) is 115 cm³/mol. The summed E-state index contributed by atoms with van der Waals surface area (Å²) < 4.78 is 44.7. The zero-order valence-electron chi connectivity index (χ0n) is 16.8. The number of rotatable bonds is 5. The Morgan fingerprint density at radius 2 is 1.84 bits per heavy atom. The van der Waals surface area contributed by atoms with Crippen LogP contribution < -0.4 is 10.2 Å². The first-order valence-electron chi connectivity index (χ1n) is 9.49. The fourth-order valence-corrected chi connectivity index (χ4v) is 3.34. The molecule has 1 heterocycles. The number of halogens is 3. The summed E-state index contributed by atoms with van der Waals surface area (Å²) in [5.41, 5.74) is 2.50. The van der Waals surface area contributed by atoms with Crippen LogP contribution in [0.4, 0.5) is 13.2 Å². The number of ether oxygens (including phenoxy) is 1. The van der Waals surface area contributed by atoms with Crippen molar-refractivity contribution in [1.82, 2.24) is 15.6 Å². The first-order chi connectivity index (χ1) is 15.4. The van der Waals surface area contributed by atoms with E-state index >= 15 is 0 Å². The number of hydrogen-bond donors (Lipinski definition) is 2. The molecule has 4 rings (SSSR count). The van der Waals surface area contributed by atoms with Crippen molar-refractivity contribution >= 4 is 22.9 Å². The van der Waals surface area contributed by atoms with Gasteiger partial charge in [0, 0.05) is 5.56 Å². The number of nitrogens with one attached hydrogen (secondary N) is 2. The number of amides is 1. The minimum atomic E-state index is -4.53. The zero-order chi connectivity index (χ0) is 22.7. The number of methoxy groups -OCH3 is 1. The maximum atomic E-state index is 13.1. The molecule has 0 spiro atoms. The standard InChI is InChI=1S/C23H17F3N4O2/c1-32-20-11-10-14-6-2-4-8-16(14)21(20)18-12-19(29-28-18)22(31)30-27-13-15-7-3-5-9-17(15)23(24,25)26/h2-13H,1H3,(H,28,29)(H,30,31)/b27-13+. The molecule has 4 aromatic rings. The van der Waals surface area contributed by atoms with Gasteiger partial charge in [0.25, 0.3) is 5.91 Å². The number of benzene rings is 3. The lowest BCUT2D eigenvalue weighted by Crippen LogP contribution is -2.18. The number of H-pyrrole nitrogens is 1. The maximum Gasteiger partial charge on any atom is 0.417 e. The molecule has 0 aliphatic carbocycles. The van der Waals surface area contributed by atoms with E-state index in [1.807, 2.05) is 36.4 Å². The fraction of sp³-hybridized carbons (Fsp3) is 0.0870. The van der Waals surface area contributed by atoms with Gasteiger partial charge < -0.3 is 4.74 Å². The summed E-state index contributed by atoms with van der Waals surface area (Å²) in [7, 11) is 1.54. The van der Waals surface area contributed by atoms with E-state index in [1.165, 1.54) is 24.3 Å². The first-order valence-corrected chi connectivity index (χ1v) is 9.49. The van der Waals surface area contributed by atoms with Crippen molar-refractivity contribution in [2.24, 2.45) is 5.10 Å². The quantitative estimate of drug-likeness (QED) is 0.339. The van der Waals surface area contributed by atoms with Gasteiger partial charge in [-0.25, -0.2) is 5.43 Å². The molecule has 32 heavy (non-hydrogen) atoms. The minimum Gasteiger partial charge on any atom is -0.496 e. The number of hydrazone groups is 1. The van der Waals surface area contributed by atoms with Gasteiger partial charge in [0.15, 0.2) is 0 Å². The highest BCUT2D eigenvalue weighted by molar-refractivity contribution is 6.00. The Labute approximate surface area is 180 Å². The average Bonchev–Trinajstić information content (AvgIpc) is 3.28. The molecule has 1 amide bonds. The molecule has 0 saturated heterocycles.